The largest absolute Gasteiger partial charge is 0.399 e. The van der Waals surface area contributed by atoms with E-state index in [1.165, 1.54) is 0 Å². The first-order valence-corrected chi connectivity index (χ1v) is 6.02. The second-order valence-electron chi connectivity index (χ2n) is 4.36. The monoisotopic (exact) mass is 250 g/mol. The highest BCUT2D eigenvalue weighted by Gasteiger charge is 2.20. The van der Waals surface area contributed by atoms with Crippen molar-refractivity contribution in [2.24, 2.45) is 0 Å². The van der Waals surface area contributed by atoms with Crippen molar-refractivity contribution in [2.75, 3.05) is 5.73 Å². The van der Waals surface area contributed by atoms with Crippen molar-refractivity contribution in [1.29, 1.82) is 5.26 Å². The van der Waals surface area contributed by atoms with Gasteiger partial charge < -0.3 is 5.73 Å². The van der Waals surface area contributed by atoms with E-state index >= 15 is 0 Å². The van der Waals surface area contributed by atoms with Gasteiger partial charge in [-0.3, -0.25) is 4.79 Å². The second-order valence-corrected chi connectivity index (χ2v) is 4.36. The number of anilines is 1. The molecule has 2 aromatic rings. The summed E-state index contributed by atoms with van der Waals surface area (Å²) in [5, 5.41) is 9.21. The van der Waals surface area contributed by atoms with Crippen LogP contribution in [-0.4, -0.2) is 5.78 Å². The lowest BCUT2D eigenvalue weighted by Gasteiger charge is -2.09. The standard InChI is InChI=1S/C16H14N2O/c17-11-15(13-7-4-8-14(18)10-13)16(19)9-12-5-2-1-3-6-12/h1-8,10,15H,9,18H2. The topological polar surface area (TPSA) is 66.9 Å². The average Bonchev–Trinajstić information content (AvgIpc) is 2.41. The Kier molecular flexibility index (Phi) is 3.94. The first kappa shape index (κ1) is 12.8. The average molecular weight is 250 g/mol. The van der Waals surface area contributed by atoms with Gasteiger partial charge in [0, 0.05) is 12.1 Å². The summed E-state index contributed by atoms with van der Waals surface area (Å²) in [4.78, 5) is 12.2. The van der Waals surface area contributed by atoms with Crippen LogP contribution in [0.5, 0.6) is 0 Å². The molecule has 0 aliphatic rings. The van der Waals surface area contributed by atoms with Crippen molar-refractivity contribution in [3.05, 3.63) is 65.7 Å². The Hall–Kier alpha value is -2.60. The zero-order valence-corrected chi connectivity index (χ0v) is 10.4. The predicted octanol–water partition coefficient (Wildman–Crippen LogP) is 2.69. The third-order valence-electron chi connectivity index (χ3n) is 2.92. The molecule has 0 radical (unpaired) electrons. The number of nitriles is 1. The van der Waals surface area contributed by atoms with Crippen LogP contribution in [0.15, 0.2) is 54.6 Å². The molecule has 0 bridgehead atoms. The number of carbonyl (C=O) groups is 1. The highest BCUT2D eigenvalue weighted by atomic mass is 16.1. The zero-order valence-electron chi connectivity index (χ0n) is 10.4. The van der Waals surface area contributed by atoms with E-state index in [1.54, 1.807) is 24.3 Å². The smallest absolute Gasteiger partial charge is 0.158 e. The molecule has 0 aliphatic heterocycles. The molecule has 94 valence electrons. The summed E-state index contributed by atoms with van der Waals surface area (Å²) in [7, 11) is 0. The first-order chi connectivity index (χ1) is 9.20. The van der Waals surface area contributed by atoms with E-state index in [-0.39, 0.29) is 12.2 Å². The molecular weight excluding hydrogens is 236 g/mol. The van der Waals surface area contributed by atoms with Crippen LogP contribution in [0.1, 0.15) is 17.0 Å². The molecule has 3 heteroatoms. The van der Waals surface area contributed by atoms with Gasteiger partial charge in [0.05, 0.1) is 6.07 Å². The number of hydrogen-bond acceptors (Lipinski definition) is 3. The summed E-state index contributed by atoms with van der Waals surface area (Å²) < 4.78 is 0. The number of nitrogens with zero attached hydrogens (tertiary/aromatic N) is 1. The van der Waals surface area contributed by atoms with Crippen molar-refractivity contribution >= 4 is 11.5 Å². The van der Waals surface area contributed by atoms with Gasteiger partial charge in [-0.25, -0.2) is 0 Å². The minimum atomic E-state index is -0.760. The molecule has 0 saturated carbocycles. The Morgan fingerprint density at radius 2 is 1.89 bits per heavy atom. The maximum atomic E-state index is 12.2. The van der Waals surface area contributed by atoms with Crippen LogP contribution in [0.3, 0.4) is 0 Å². The van der Waals surface area contributed by atoms with E-state index in [2.05, 4.69) is 6.07 Å². The molecule has 2 N–H and O–H groups in total. The molecule has 0 aromatic heterocycles. The fraction of sp³-hybridized carbons (Fsp3) is 0.125. The predicted molar refractivity (Wildman–Crippen MR) is 74.4 cm³/mol. The van der Waals surface area contributed by atoms with Crippen LogP contribution < -0.4 is 5.73 Å². The molecule has 1 unspecified atom stereocenters. The maximum absolute atomic E-state index is 12.2. The summed E-state index contributed by atoms with van der Waals surface area (Å²) >= 11 is 0. The highest BCUT2D eigenvalue weighted by Crippen LogP contribution is 2.20. The molecule has 19 heavy (non-hydrogen) atoms. The lowest BCUT2D eigenvalue weighted by atomic mass is 9.92. The molecule has 0 aliphatic carbocycles. The minimum absolute atomic E-state index is 0.112. The van der Waals surface area contributed by atoms with E-state index in [0.717, 1.165) is 5.56 Å². The zero-order chi connectivity index (χ0) is 13.7. The molecule has 1 atom stereocenters. The van der Waals surface area contributed by atoms with Crippen LogP contribution in [0.25, 0.3) is 0 Å². The van der Waals surface area contributed by atoms with Crippen LogP contribution in [0.4, 0.5) is 5.69 Å². The summed E-state index contributed by atoms with van der Waals surface area (Å²) in [5.74, 6) is -0.872. The summed E-state index contributed by atoms with van der Waals surface area (Å²) in [6.45, 7) is 0. The fourth-order valence-corrected chi connectivity index (χ4v) is 1.97. The van der Waals surface area contributed by atoms with Crippen LogP contribution in [-0.2, 0) is 11.2 Å². The van der Waals surface area contributed by atoms with Gasteiger partial charge in [-0.05, 0) is 23.3 Å². The van der Waals surface area contributed by atoms with Crippen molar-refractivity contribution < 1.29 is 4.79 Å². The Bertz CT molecular complexity index is 614. The van der Waals surface area contributed by atoms with Gasteiger partial charge in [0.25, 0.3) is 0 Å². The number of benzene rings is 2. The molecule has 0 spiro atoms. The van der Waals surface area contributed by atoms with E-state index in [4.69, 9.17) is 5.73 Å². The molecule has 2 rings (SSSR count). The lowest BCUT2D eigenvalue weighted by Crippen LogP contribution is -2.13. The Balaban J connectivity index is 2.19. The van der Waals surface area contributed by atoms with Crippen molar-refractivity contribution in [1.82, 2.24) is 0 Å². The van der Waals surface area contributed by atoms with Crippen molar-refractivity contribution in [2.45, 2.75) is 12.3 Å². The first-order valence-electron chi connectivity index (χ1n) is 6.02. The van der Waals surface area contributed by atoms with E-state index < -0.39 is 5.92 Å². The summed E-state index contributed by atoms with van der Waals surface area (Å²) in [6.07, 6.45) is 0.258. The SMILES string of the molecule is N#CC(C(=O)Cc1ccccc1)c1cccc(N)c1. The molecule has 0 fully saturated rings. The number of nitrogen functional groups attached to an aromatic ring is 1. The van der Waals surface area contributed by atoms with Gasteiger partial charge in [-0.1, -0.05) is 42.5 Å². The maximum Gasteiger partial charge on any atom is 0.158 e. The van der Waals surface area contributed by atoms with E-state index in [1.807, 2.05) is 30.3 Å². The third kappa shape index (κ3) is 3.20. The number of nitrogens with two attached hydrogens (primary N) is 1. The molecule has 2 aromatic carbocycles. The van der Waals surface area contributed by atoms with E-state index in [9.17, 15) is 10.1 Å². The lowest BCUT2D eigenvalue weighted by molar-refractivity contribution is -0.118. The van der Waals surface area contributed by atoms with Gasteiger partial charge in [-0.2, -0.15) is 5.26 Å². The van der Waals surface area contributed by atoms with Crippen LogP contribution in [0, 0.1) is 11.3 Å². The molecule has 3 nitrogen and oxygen atoms in total. The summed E-state index contributed by atoms with van der Waals surface area (Å²) in [5.41, 5.74) is 7.81. The van der Waals surface area contributed by atoms with E-state index in [0.29, 0.717) is 11.3 Å². The molecular formula is C16H14N2O. The quantitative estimate of drug-likeness (QED) is 0.848. The third-order valence-corrected chi connectivity index (χ3v) is 2.92. The number of rotatable bonds is 4. The number of ketones is 1. The molecule has 0 heterocycles. The highest BCUT2D eigenvalue weighted by molar-refractivity contribution is 5.90. The van der Waals surface area contributed by atoms with Gasteiger partial charge in [0.2, 0.25) is 0 Å². The van der Waals surface area contributed by atoms with Gasteiger partial charge >= 0.3 is 0 Å². The number of hydrogen-bond donors (Lipinski definition) is 1. The van der Waals surface area contributed by atoms with Crippen LogP contribution >= 0.6 is 0 Å². The van der Waals surface area contributed by atoms with Gasteiger partial charge in [0.1, 0.15) is 5.92 Å². The van der Waals surface area contributed by atoms with Gasteiger partial charge in [-0.15, -0.1) is 0 Å². The Morgan fingerprint density at radius 3 is 2.53 bits per heavy atom. The molecule has 0 saturated heterocycles. The van der Waals surface area contributed by atoms with Crippen LogP contribution in [0.2, 0.25) is 0 Å². The Labute approximate surface area is 112 Å². The number of carbonyl (C=O) groups excluding carboxylic acids is 1. The minimum Gasteiger partial charge on any atom is -0.399 e. The second kappa shape index (κ2) is 5.83. The fourth-order valence-electron chi connectivity index (χ4n) is 1.97. The normalized spacial score (nSPS) is 11.5. The molecule has 0 amide bonds. The van der Waals surface area contributed by atoms with Crippen molar-refractivity contribution in [3.63, 3.8) is 0 Å². The van der Waals surface area contributed by atoms with Gasteiger partial charge in [0.15, 0.2) is 5.78 Å². The van der Waals surface area contributed by atoms with Crippen molar-refractivity contribution in [3.8, 4) is 6.07 Å². The number of Topliss-reactive ketones (excluding diaryl/α,β-unsaturated/α-hetero) is 1. The Morgan fingerprint density at radius 1 is 1.16 bits per heavy atom. The summed E-state index contributed by atoms with van der Waals surface area (Å²) in [6, 6.07) is 18.4.